The van der Waals surface area contributed by atoms with E-state index < -0.39 is 0 Å². The van der Waals surface area contributed by atoms with Crippen molar-refractivity contribution >= 4 is 33.7 Å². The molecule has 0 spiro atoms. The van der Waals surface area contributed by atoms with Gasteiger partial charge in [-0.25, -0.2) is 9.38 Å². The summed E-state index contributed by atoms with van der Waals surface area (Å²) in [5.74, 6) is -0.0901. The standard InChI is InChI=1S/C26H24FN3OS/c27-22-12-3-4-13-23(22)28-26-30(17-7-16-29-15-6-14-25(29)31)24(18-32-26)21-11-5-9-19-8-1-2-10-20(19)21/h1-5,8-13,18H,6-7,14-17H2. The smallest absolute Gasteiger partial charge is 0.222 e. The molecule has 0 saturated carbocycles. The molecule has 1 aromatic heterocycles. The SMILES string of the molecule is O=C1CCCN1CCCn1c(-c2cccc3ccccc23)csc1=Nc1ccccc1F. The van der Waals surface area contributed by atoms with Crippen molar-refractivity contribution in [2.24, 2.45) is 4.99 Å². The quantitative estimate of drug-likeness (QED) is 0.372. The van der Waals surface area contributed by atoms with Crippen LogP contribution in [0.5, 0.6) is 0 Å². The van der Waals surface area contributed by atoms with Crippen LogP contribution >= 0.6 is 11.3 Å². The van der Waals surface area contributed by atoms with E-state index in [4.69, 9.17) is 0 Å². The maximum absolute atomic E-state index is 14.3. The van der Waals surface area contributed by atoms with Gasteiger partial charge in [-0.2, -0.15) is 0 Å². The van der Waals surface area contributed by atoms with Crippen LogP contribution in [0, 0.1) is 5.82 Å². The zero-order valence-electron chi connectivity index (χ0n) is 17.7. The first-order chi connectivity index (χ1) is 15.7. The van der Waals surface area contributed by atoms with Crippen molar-refractivity contribution in [1.82, 2.24) is 9.47 Å². The Bertz CT molecular complexity index is 1330. The molecule has 0 bridgehead atoms. The largest absolute Gasteiger partial charge is 0.343 e. The van der Waals surface area contributed by atoms with Crippen molar-refractivity contribution in [2.45, 2.75) is 25.8 Å². The first kappa shape index (κ1) is 20.6. The van der Waals surface area contributed by atoms with E-state index in [-0.39, 0.29) is 11.7 Å². The lowest BCUT2D eigenvalue weighted by Gasteiger charge is -2.16. The van der Waals surface area contributed by atoms with E-state index in [1.165, 1.54) is 28.2 Å². The molecule has 5 rings (SSSR count). The highest BCUT2D eigenvalue weighted by Crippen LogP contribution is 2.29. The Labute approximate surface area is 190 Å². The summed E-state index contributed by atoms with van der Waals surface area (Å²) in [5.41, 5.74) is 2.53. The fourth-order valence-corrected chi connectivity index (χ4v) is 5.24. The van der Waals surface area contributed by atoms with Crippen molar-refractivity contribution in [2.75, 3.05) is 13.1 Å². The number of rotatable bonds is 6. The third-order valence-corrected chi connectivity index (χ3v) is 6.78. The van der Waals surface area contributed by atoms with Gasteiger partial charge in [0.15, 0.2) is 4.80 Å². The van der Waals surface area contributed by atoms with Crippen LogP contribution in [-0.2, 0) is 11.3 Å². The van der Waals surface area contributed by atoms with Gasteiger partial charge in [-0.15, -0.1) is 11.3 Å². The summed E-state index contributed by atoms with van der Waals surface area (Å²) in [4.78, 5) is 19.4. The van der Waals surface area contributed by atoms with Gasteiger partial charge >= 0.3 is 0 Å². The number of amides is 1. The topological polar surface area (TPSA) is 37.6 Å². The lowest BCUT2D eigenvalue weighted by Crippen LogP contribution is -2.27. The molecule has 0 aliphatic carbocycles. The molecule has 4 nitrogen and oxygen atoms in total. The molecule has 0 atom stereocenters. The second-order valence-corrected chi connectivity index (χ2v) is 8.82. The minimum atomic E-state index is -0.332. The predicted octanol–water partition coefficient (Wildman–Crippen LogP) is 5.75. The van der Waals surface area contributed by atoms with Gasteiger partial charge < -0.3 is 9.47 Å². The zero-order chi connectivity index (χ0) is 21.9. The van der Waals surface area contributed by atoms with Gasteiger partial charge in [0.05, 0.1) is 5.69 Å². The summed E-state index contributed by atoms with van der Waals surface area (Å²) in [6.45, 7) is 2.28. The number of hydrogen-bond donors (Lipinski definition) is 0. The van der Waals surface area contributed by atoms with Crippen LogP contribution in [-0.4, -0.2) is 28.5 Å². The van der Waals surface area contributed by atoms with E-state index in [1.807, 2.05) is 17.0 Å². The highest BCUT2D eigenvalue weighted by Gasteiger charge is 2.19. The molecule has 162 valence electrons. The van der Waals surface area contributed by atoms with E-state index >= 15 is 0 Å². The number of aromatic nitrogens is 1. The van der Waals surface area contributed by atoms with Crippen LogP contribution in [0.3, 0.4) is 0 Å². The summed E-state index contributed by atoms with van der Waals surface area (Å²) in [5, 5.41) is 4.45. The maximum atomic E-state index is 14.3. The summed E-state index contributed by atoms with van der Waals surface area (Å²) < 4.78 is 16.5. The van der Waals surface area contributed by atoms with Crippen LogP contribution in [0.1, 0.15) is 19.3 Å². The van der Waals surface area contributed by atoms with E-state index in [9.17, 15) is 9.18 Å². The third-order valence-electron chi connectivity index (χ3n) is 5.91. The number of thiazole rings is 1. The first-order valence-corrected chi connectivity index (χ1v) is 11.8. The highest BCUT2D eigenvalue weighted by atomic mass is 32.1. The lowest BCUT2D eigenvalue weighted by molar-refractivity contribution is -0.127. The first-order valence-electron chi connectivity index (χ1n) is 10.9. The fraction of sp³-hybridized carbons (Fsp3) is 0.231. The Hall–Kier alpha value is -3.25. The summed E-state index contributed by atoms with van der Waals surface area (Å²) in [6, 6.07) is 21.2. The Kier molecular flexibility index (Phi) is 5.86. The highest BCUT2D eigenvalue weighted by molar-refractivity contribution is 7.07. The number of benzene rings is 3. The predicted molar refractivity (Wildman–Crippen MR) is 127 cm³/mol. The van der Waals surface area contributed by atoms with Crippen LogP contribution < -0.4 is 4.80 Å². The molecule has 1 amide bonds. The van der Waals surface area contributed by atoms with Gasteiger partial charge in [-0.1, -0.05) is 54.6 Å². The molecule has 32 heavy (non-hydrogen) atoms. The monoisotopic (exact) mass is 445 g/mol. The summed E-state index contributed by atoms with van der Waals surface area (Å²) in [6.07, 6.45) is 2.42. The van der Waals surface area contributed by atoms with E-state index in [1.54, 1.807) is 18.2 Å². The normalized spacial score (nSPS) is 14.6. The number of halogens is 1. The minimum Gasteiger partial charge on any atom is -0.343 e. The molecule has 4 aromatic rings. The van der Waals surface area contributed by atoms with Crippen LogP contribution in [0.25, 0.3) is 22.0 Å². The molecule has 1 saturated heterocycles. The number of nitrogens with zero attached hydrogens (tertiary/aromatic N) is 3. The molecular formula is C26H24FN3OS. The summed E-state index contributed by atoms with van der Waals surface area (Å²) >= 11 is 1.52. The van der Waals surface area contributed by atoms with Gasteiger partial charge in [-0.3, -0.25) is 4.79 Å². The van der Waals surface area contributed by atoms with Crippen molar-refractivity contribution in [3.8, 4) is 11.3 Å². The average Bonchev–Trinajstić information content (AvgIpc) is 3.41. The third kappa shape index (κ3) is 4.10. The average molecular weight is 446 g/mol. The Morgan fingerprint density at radius 3 is 2.62 bits per heavy atom. The Morgan fingerprint density at radius 1 is 0.969 bits per heavy atom. The number of fused-ring (bicyclic) bond motifs is 1. The molecule has 6 heteroatoms. The molecule has 0 N–H and O–H groups in total. The molecule has 0 radical (unpaired) electrons. The number of para-hydroxylation sites is 1. The minimum absolute atomic E-state index is 0.242. The molecule has 1 fully saturated rings. The zero-order valence-corrected chi connectivity index (χ0v) is 18.5. The van der Waals surface area contributed by atoms with Gasteiger partial charge in [-0.05, 0) is 35.7 Å². The van der Waals surface area contributed by atoms with Crippen molar-refractivity contribution in [3.05, 3.63) is 82.7 Å². The molecule has 1 aliphatic heterocycles. The lowest BCUT2D eigenvalue weighted by atomic mass is 10.0. The number of carbonyl (C=O) groups excluding carboxylic acids is 1. The molecule has 3 aromatic carbocycles. The number of hydrogen-bond acceptors (Lipinski definition) is 3. The van der Waals surface area contributed by atoms with Crippen molar-refractivity contribution < 1.29 is 9.18 Å². The second-order valence-electron chi connectivity index (χ2n) is 7.98. The van der Waals surface area contributed by atoms with Crippen molar-refractivity contribution in [3.63, 3.8) is 0 Å². The van der Waals surface area contributed by atoms with E-state index in [0.717, 1.165) is 42.0 Å². The van der Waals surface area contributed by atoms with Gasteiger partial charge in [0.1, 0.15) is 11.5 Å². The molecule has 1 aliphatic rings. The molecule has 0 unspecified atom stereocenters. The summed E-state index contributed by atoms with van der Waals surface area (Å²) in [7, 11) is 0. The second kappa shape index (κ2) is 9.09. The Morgan fingerprint density at radius 2 is 1.78 bits per heavy atom. The van der Waals surface area contributed by atoms with Gasteiger partial charge in [0, 0.05) is 37.0 Å². The number of likely N-dealkylation sites (tertiary alicyclic amines) is 1. The van der Waals surface area contributed by atoms with E-state index in [0.29, 0.717) is 18.7 Å². The Balaban J connectivity index is 1.56. The van der Waals surface area contributed by atoms with Crippen LogP contribution in [0.15, 0.2) is 77.1 Å². The molecular weight excluding hydrogens is 421 g/mol. The van der Waals surface area contributed by atoms with Gasteiger partial charge in [0.25, 0.3) is 0 Å². The molecule has 2 heterocycles. The fourth-order valence-electron chi connectivity index (χ4n) is 4.30. The van der Waals surface area contributed by atoms with Crippen molar-refractivity contribution in [1.29, 1.82) is 0 Å². The van der Waals surface area contributed by atoms with Crippen LogP contribution in [0.2, 0.25) is 0 Å². The van der Waals surface area contributed by atoms with Gasteiger partial charge in [0.2, 0.25) is 5.91 Å². The maximum Gasteiger partial charge on any atom is 0.222 e. The van der Waals surface area contributed by atoms with E-state index in [2.05, 4.69) is 45.3 Å². The number of carbonyl (C=O) groups is 1. The van der Waals surface area contributed by atoms with Crippen LogP contribution in [0.4, 0.5) is 10.1 Å².